The van der Waals surface area contributed by atoms with E-state index in [2.05, 4.69) is 31.2 Å². The molecule has 4 amide bonds. The number of nitrogens with one attached hydrogen (secondary N) is 5. The molecule has 23 nitrogen and oxygen atoms in total. The number of carbonyl (C=O) groups is 9. The number of rotatable bonds is 51. The Balaban J connectivity index is -0.00000160. The first-order valence-electron chi connectivity index (χ1n) is 27.4. The summed E-state index contributed by atoms with van der Waals surface area (Å²) in [6.07, 6.45) is 21.8. The zero-order valence-corrected chi connectivity index (χ0v) is 45.5. The zero-order chi connectivity index (χ0) is 56.4. The van der Waals surface area contributed by atoms with E-state index in [9.17, 15) is 43.2 Å². The number of nitrogens with two attached hydrogens (primary N) is 1. The minimum Gasteiger partial charge on any atom is -0.481 e. The van der Waals surface area contributed by atoms with Crippen LogP contribution in [0.3, 0.4) is 0 Å². The summed E-state index contributed by atoms with van der Waals surface area (Å²) >= 11 is 0. The fourth-order valence-electron chi connectivity index (χ4n) is 7.51. The molecule has 0 spiro atoms. The molecule has 0 saturated carbocycles. The van der Waals surface area contributed by atoms with Crippen LogP contribution in [0.4, 0.5) is 0 Å². The van der Waals surface area contributed by atoms with Crippen molar-refractivity contribution in [1.82, 2.24) is 31.2 Å². The molecule has 0 fully saturated rings. The quantitative estimate of drug-likeness (QED) is 0.0385. The number of carboxylic acids is 3. The van der Waals surface area contributed by atoms with Gasteiger partial charge in [-0.1, -0.05) is 97.3 Å². The molecule has 0 aliphatic carbocycles. The summed E-state index contributed by atoms with van der Waals surface area (Å²) in [4.78, 5) is 111. The van der Waals surface area contributed by atoms with Crippen LogP contribution in [-0.4, -0.2) is 163 Å². The van der Waals surface area contributed by atoms with Gasteiger partial charge in [-0.25, -0.2) is 9.78 Å². The fourth-order valence-corrected chi connectivity index (χ4v) is 7.51. The van der Waals surface area contributed by atoms with Gasteiger partial charge in [0.1, 0.15) is 25.0 Å². The number of Topliss-reactive ketones (excluding diaryl/α,β-unsaturated/α-hetero) is 2. The van der Waals surface area contributed by atoms with E-state index in [4.69, 9.17) is 40.0 Å². The maximum atomic E-state index is 12.7. The number of aromatic nitrogens is 2. The Morgan fingerprint density at radius 1 is 0.566 bits per heavy atom. The van der Waals surface area contributed by atoms with Crippen LogP contribution in [0.2, 0.25) is 0 Å². The minimum atomic E-state index is -1.08. The number of carboxylic acid groups (broad SMARTS) is 3. The van der Waals surface area contributed by atoms with E-state index in [-0.39, 0.29) is 110 Å². The first-order valence-corrected chi connectivity index (χ1v) is 27.4. The topological polar surface area (TPSA) is 354 Å². The van der Waals surface area contributed by atoms with Crippen molar-refractivity contribution < 1.29 is 80.3 Å². The summed E-state index contributed by atoms with van der Waals surface area (Å²) in [7, 11) is 0. The van der Waals surface area contributed by atoms with Gasteiger partial charge in [-0.2, -0.15) is 0 Å². The van der Waals surface area contributed by atoms with Crippen molar-refractivity contribution in [3.05, 3.63) is 18.2 Å². The van der Waals surface area contributed by atoms with Crippen LogP contribution in [0.1, 0.15) is 176 Å². The van der Waals surface area contributed by atoms with Gasteiger partial charge >= 0.3 is 17.9 Å². The highest BCUT2D eigenvalue weighted by Gasteiger charge is 2.25. The highest BCUT2D eigenvalue weighted by Crippen LogP contribution is 2.19. The molecule has 0 aliphatic rings. The fraction of sp³-hybridized carbons (Fsp3) is 0.774. The Kier molecular flexibility index (Phi) is 45.8. The van der Waals surface area contributed by atoms with Crippen LogP contribution in [0.15, 0.2) is 12.5 Å². The molecule has 0 unspecified atom stereocenters. The van der Waals surface area contributed by atoms with Crippen molar-refractivity contribution in [2.24, 2.45) is 11.7 Å². The molecular formula is C53H97N7O16. The van der Waals surface area contributed by atoms with E-state index in [1.807, 2.05) is 0 Å². The maximum absolute atomic E-state index is 12.7. The molecule has 76 heavy (non-hydrogen) atoms. The molecule has 1 heterocycles. The van der Waals surface area contributed by atoms with Crippen molar-refractivity contribution in [2.45, 2.75) is 186 Å². The number of amides is 4. The van der Waals surface area contributed by atoms with Gasteiger partial charge in [0.05, 0.1) is 58.4 Å². The number of carbonyl (C=O) groups excluding carboxylic acids is 6. The third-order valence-electron chi connectivity index (χ3n) is 12.0. The van der Waals surface area contributed by atoms with Crippen molar-refractivity contribution >= 4 is 53.1 Å². The lowest BCUT2D eigenvalue weighted by Crippen LogP contribution is -2.40. The molecule has 0 radical (unpaired) electrons. The van der Waals surface area contributed by atoms with E-state index >= 15 is 0 Å². The number of unbranched alkanes of at least 4 members (excludes halogenated alkanes) is 14. The first kappa shape index (κ1) is 70.6. The number of aromatic amines is 1. The summed E-state index contributed by atoms with van der Waals surface area (Å²) in [6, 6.07) is -1.57. The molecule has 23 heteroatoms. The molecule has 10 N–H and O–H groups in total. The van der Waals surface area contributed by atoms with Crippen LogP contribution in [0.5, 0.6) is 0 Å². The predicted octanol–water partition coefficient (Wildman–Crippen LogP) is 5.07. The van der Waals surface area contributed by atoms with Gasteiger partial charge in [-0.05, 0) is 32.1 Å². The summed E-state index contributed by atoms with van der Waals surface area (Å²) < 4.78 is 21.2. The van der Waals surface area contributed by atoms with Crippen molar-refractivity contribution in [3.8, 4) is 0 Å². The van der Waals surface area contributed by atoms with Crippen molar-refractivity contribution in [3.63, 3.8) is 0 Å². The van der Waals surface area contributed by atoms with Gasteiger partial charge in [0.25, 0.3) is 0 Å². The molecule has 1 aromatic heterocycles. The number of hydrogen-bond donors (Lipinski definition) is 9. The van der Waals surface area contributed by atoms with E-state index in [1.54, 1.807) is 20.0 Å². The number of hydrogen-bond acceptors (Lipinski definition) is 15. The third kappa shape index (κ3) is 44.9. The Morgan fingerprint density at radius 3 is 1.53 bits per heavy atom. The Labute approximate surface area is 452 Å². The van der Waals surface area contributed by atoms with Crippen LogP contribution in [0, 0.1) is 5.92 Å². The van der Waals surface area contributed by atoms with Crippen LogP contribution in [-0.2, 0) is 68.5 Å². The maximum Gasteiger partial charge on any atom is 0.326 e. The average Bonchev–Trinajstić information content (AvgIpc) is 3.91. The summed E-state index contributed by atoms with van der Waals surface area (Å²) in [5.41, 5.74) is 6.72. The monoisotopic (exact) mass is 1090 g/mol. The van der Waals surface area contributed by atoms with E-state index < -0.39 is 35.9 Å². The van der Waals surface area contributed by atoms with Gasteiger partial charge in [0, 0.05) is 78.8 Å². The van der Waals surface area contributed by atoms with Crippen molar-refractivity contribution in [2.75, 3.05) is 72.5 Å². The van der Waals surface area contributed by atoms with E-state index in [0.717, 1.165) is 38.5 Å². The van der Waals surface area contributed by atoms with E-state index in [1.165, 1.54) is 57.7 Å². The molecule has 3 atom stereocenters. The molecule has 440 valence electrons. The zero-order valence-electron chi connectivity index (χ0n) is 45.5. The summed E-state index contributed by atoms with van der Waals surface area (Å²) in [5.74, 6) is -4.76. The van der Waals surface area contributed by atoms with Gasteiger partial charge in [-0.15, -0.1) is 0 Å². The minimum absolute atomic E-state index is 0. The largest absolute Gasteiger partial charge is 0.481 e. The molecule has 0 saturated heterocycles. The van der Waals surface area contributed by atoms with Crippen LogP contribution < -0.4 is 27.0 Å². The third-order valence-corrected chi connectivity index (χ3v) is 12.0. The number of imidazole rings is 1. The molecule has 0 aromatic carbocycles. The highest BCUT2D eigenvalue weighted by atomic mass is 16.5. The molecule has 0 bridgehead atoms. The summed E-state index contributed by atoms with van der Waals surface area (Å²) in [5, 5.41) is 37.0. The Morgan fingerprint density at radius 2 is 1.05 bits per heavy atom. The van der Waals surface area contributed by atoms with Crippen LogP contribution in [0.25, 0.3) is 0 Å². The highest BCUT2D eigenvalue weighted by molar-refractivity contribution is 5.91. The molecule has 0 aliphatic heterocycles. The lowest BCUT2D eigenvalue weighted by atomic mass is 9.87. The second kappa shape index (κ2) is 49.2. The standard InChI is InChI=1S/C31H52N6O11.C22H41NO5.2H2/c1-2-28(40)35-9-11-45-13-16-48-21-30(42)36-10-12-46-14-15-47-20-29(41)34-8-4-3-5-23(26(38)6-7-31(43)44)17-27(39)25(32)18-24-19-33-22-37-24;1-2-19(22(27)28)23-20(24)17-15-13-11-9-7-5-3-4-6-8-10-12-14-16-18-21(25)26;;/h19,22-23,25H,2-18,20-21,32H2,1H3,(H,33,37)(H,34,41)(H,35,40)(H,36,42)(H,43,44);19H,2-18H2,1H3,(H,23,24)(H,25,26)(H,27,28);2*1H/t23-,25+;19-;;/m10../s1. The number of nitrogens with zero attached hydrogens (tertiary/aromatic N) is 1. The second-order valence-corrected chi connectivity index (χ2v) is 18.6. The molecule has 1 rings (SSSR count). The molecule has 1 aromatic rings. The molecular weight excluding hydrogens is 991 g/mol. The number of ether oxygens (including phenoxy) is 4. The first-order chi connectivity index (χ1) is 36.6. The van der Waals surface area contributed by atoms with Crippen molar-refractivity contribution in [1.29, 1.82) is 0 Å². The second-order valence-electron chi connectivity index (χ2n) is 18.6. The number of aliphatic carboxylic acids is 3. The number of ketones is 2. The normalized spacial score (nSPS) is 12.1. The van der Waals surface area contributed by atoms with Gasteiger partial charge < -0.3 is 66.3 Å². The Hall–Kier alpha value is -5.36. The summed E-state index contributed by atoms with van der Waals surface area (Å²) in [6.45, 7) is 5.92. The van der Waals surface area contributed by atoms with Gasteiger partial charge in [-0.3, -0.25) is 38.4 Å². The number of H-pyrrole nitrogens is 1. The predicted molar refractivity (Wildman–Crippen MR) is 287 cm³/mol. The smallest absolute Gasteiger partial charge is 0.326 e. The Bertz CT molecular complexity index is 1750. The lowest BCUT2D eigenvalue weighted by molar-refractivity contribution is -0.142. The van der Waals surface area contributed by atoms with Crippen LogP contribution >= 0.6 is 0 Å². The van der Waals surface area contributed by atoms with Gasteiger partial charge in [0.2, 0.25) is 23.6 Å². The SMILES string of the molecule is CCC(=O)NCCOCCOCC(=O)NCCOCCOCC(=O)NCCCC[C@H](CC(=O)[C@@H](N)Cc1cnc[nH]1)C(=O)CCC(=O)O.CC[C@H](NC(=O)CCCCCCCCCCCCCCCCC(=O)O)C(=O)O.[HH].[HH]. The lowest BCUT2D eigenvalue weighted by Gasteiger charge is -2.17. The van der Waals surface area contributed by atoms with E-state index in [0.29, 0.717) is 76.9 Å². The van der Waals surface area contributed by atoms with Gasteiger partial charge in [0.15, 0.2) is 5.78 Å². The average molecular weight is 1090 g/mol.